The normalized spacial score (nSPS) is 11.3. The molecule has 0 fully saturated rings. The fraction of sp³-hybridized carbons (Fsp3) is 0.167. The number of nitrogens with one attached hydrogen (secondary N) is 1. The van der Waals surface area contributed by atoms with Gasteiger partial charge in [-0.1, -0.05) is 18.2 Å². The molecule has 2 aromatic carbocycles. The van der Waals surface area contributed by atoms with Crippen molar-refractivity contribution in [2.45, 2.75) is 12.5 Å². The maximum atomic E-state index is 13.3. The van der Waals surface area contributed by atoms with Crippen molar-refractivity contribution in [3.63, 3.8) is 0 Å². The SMILES string of the molecule is COC(=O)[C@H](Cc1ccccc1C#N)NC(=O)c1ccc(F)c(F)c1. The highest BCUT2D eigenvalue weighted by atomic mass is 19.2. The Morgan fingerprint density at radius 1 is 1.20 bits per heavy atom. The van der Waals surface area contributed by atoms with Gasteiger partial charge in [0.05, 0.1) is 18.7 Å². The lowest BCUT2D eigenvalue weighted by Gasteiger charge is -2.17. The number of carbonyl (C=O) groups is 2. The third-order valence-corrected chi connectivity index (χ3v) is 3.53. The second kappa shape index (κ2) is 8.02. The van der Waals surface area contributed by atoms with Crippen LogP contribution in [-0.2, 0) is 16.0 Å². The van der Waals surface area contributed by atoms with Crippen molar-refractivity contribution in [1.29, 1.82) is 5.26 Å². The van der Waals surface area contributed by atoms with E-state index in [1.165, 1.54) is 0 Å². The second-order valence-electron chi connectivity index (χ2n) is 5.15. The zero-order valence-electron chi connectivity index (χ0n) is 13.3. The van der Waals surface area contributed by atoms with Gasteiger partial charge >= 0.3 is 5.97 Å². The van der Waals surface area contributed by atoms with Crippen LogP contribution in [0.15, 0.2) is 42.5 Å². The number of hydrogen-bond acceptors (Lipinski definition) is 4. The van der Waals surface area contributed by atoms with Crippen molar-refractivity contribution < 1.29 is 23.1 Å². The van der Waals surface area contributed by atoms with Crippen LogP contribution < -0.4 is 5.32 Å². The first kappa shape index (κ1) is 18.1. The van der Waals surface area contributed by atoms with E-state index >= 15 is 0 Å². The van der Waals surface area contributed by atoms with Crippen molar-refractivity contribution in [2.24, 2.45) is 0 Å². The van der Waals surface area contributed by atoms with Crippen molar-refractivity contribution in [3.05, 3.63) is 70.8 Å². The number of benzene rings is 2. The number of hydrogen-bond donors (Lipinski definition) is 1. The number of esters is 1. The Hall–Kier alpha value is -3.27. The fourth-order valence-electron chi connectivity index (χ4n) is 2.24. The fourth-order valence-corrected chi connectivity index (χ4v) is 2.24. The van der Waals surface area contributed by atoms with E-state index in [0.717, 1.165) is 25.3 Å². The predicted octanol–water partition coefficient (Wildman–Crippen LogP) is 2.35. The molecule has 0 aliphatic rings. The summed E-state index contributed by atoms with van der Waals surface area (Å²) in [6.45, 7) is 0. The molecule has 0 saturated heterocycles. The number of rotatable bonds is 5. The summed E-state index contributed by atoms with van der Waals surface area (Å²) in [6, 6.07) is 10.2. The number of carbonyl (C=O) groups excluding carboxylic acids is 2. The zero-order valence-corrected chi connectivity index (χ0v) is 13.3. The van der Waals surface area contributed by atoms with Crippen LogP contribution in [0.2, 0.25) is 0 Å². The highest BCUT2D eigenvalue weighted by Crippen LogP contribution is 2.13. The Bertz CT molecular complexity index is 846. The third kappa shape index (κ3) is 4.38. The number of nitrogens with zero attached hydrogens (tertiary/aromatic N) is 1. The Morgan fingerprint density at radius 3 is 2.56 bits per heavy atom. The Balaban J connectivity index is 2.23. The molecule has 0 aliphatic carbocycles. The summed E-state index contributed by atoms with van der Waals surface area (Å²) in [5.41, 5.74) is 0.769. The minimum Gasteiger partial charge on any atom is -0.467 e. The lowest BCUT2D eigenvalue weighted by molar-refractivity contribution is -0.142. The van der Waals surface area contributed by atoms with Gasteiger partial charge in [0.1, 0.15) is 6.04 Å². The summed E-state index contributed by atoms with van der Waals surface area (Å²) in [6.07, 6.45) is 0.0197. The van der Waals surface area contributed by atoms with Gasteiger partial charge in [-0.15, -0.1) is 0 Å². The molecule has 0 heterocycles. The van der Waals surface area contributed by atoms with Crippen molar-refractivity contribution >= 4 is 11.9 Å². The molecule has 0 unspecified atom stereocenters. The van der Waals surface area contributed by atoms with Crippen LogP contribution in [0.3, 0.4) is 0 Å². The van der Waals surface area contributed by atoms with E-state index in [9.17, 15) is 18.4 Å². The summed E-state index contributed by atoms with van der Waals surface area (Å²) in [5.74, 6) is -3.73. The highest BCUT2D eigenvalue weighted by molar-refractivity contribution is 5.96. The first-order chi connectivity index (χ1) is 12.0. The Morgan fingerprint density at radius 2 is 1.92 bits per heavy atom. The maximum absolute atomic E-state index is 13.3. The molecule has 1 N–H and O–H groups in total. The zero-order chi connectivity index (χ0) is 18.4. The Kier molecular flexibility index (Phi) is 5.79. The topological polar surface area (TPSA) is 79.2 Å². The molecule has 1 amide bonds. The molecule has 0 aliphatic heterocycles. The van der Waals surface area contributed by atoms with E-state index in [4.69, 9.17) is 5.26 Å². The van der Waals surface area contributed by atoms with E-state index in [1.807, 2.05) is 6.07 Å². The molecule has 128 valence electrons. The van der Waals surface area contributed by atoms with Crippen LogP contribution in [0.25, 0.3) is 0 Å². The summed E-state index contributed by atoms with van der Waals surface area (Å²) >= 11 is 0. The van der Waals surface area contributed by atoms with Gasteiger partial charge in [-0.05, 0) is 29.8 Å². The largest absolute Gasteiger partial charge is 0.467 e. The standard InChI is InChI=1S/C18H14F2N2O3/c1-25-18(24)16(9-11-4-2-3-5-13(11)10-21)22-17(23)12-6-7-14(19)15(20)8-12/h2-8,16H,9H2,1H3,(H,22,23)/t16-/m0/s1. The summed E-state index contributed by atoms with van der Waals surface area (Å²) in [5, 5.41) is 11.5. The average Bonchev–Trinajstić information content (AvgIpc) is 2.63. The molecule has 0 bridgehead atoms. The molecule has 25 heavy (non-hydrogen) atoms. The van der Waals surface area contributed by atoms with E-state index < -0.39 is 29.6 Å². The van der Waals surface area contributed by atoms with Gasteiger partial charge in [0.25, 0.3) is 5.91 Å². The number of halogens is 2. The van der Waals surface area contributed by atoms with Gasteiger partial charge in [-0.2, -0.15) is 5.26 Å². The minimum absolute atomic E-state index is 0.0197. The van der Waals surface area contributed by atoms with E-state index in [-0.39, 0.29) is 12.0 Å². The van der Waals surface area contributed by atoms with Crippen molar-refractivity contribution in [2.75, 3.05) is 7.11 Å². The van der Waals surface area contributed by atoms with E-state index in [0.29, 0.717) is 11.1 Å². The molecular weight excluding hydrogens is 330 g/mol. The summed E-state index contributed by atoms with van der Waals surface area (Å²) in [7, 11) is 1.16. The van der Waals surface area contributed by atoms with Gasteiger partial charge in [0.2, 0.25) is 0 Å². The molecule has 2 rings (SSSR count). The number of methoxy groups -OCH3 is 1. The second-order valence-corrected chi connectivity index (χ2v) is 5.15. The number of ether oxygens (including phenoxy) is 1. The molecule has 7 heteroatoms. The molecule has 0 radical (unpaired) electrons. The lowest BCUT2D eigenvalue weighted by Crippen LogP contribution is -2.43. The van der Waals surface area contributed by atoms with Gasteiger partial charge < -0.3 is 10.1 Å². The smallest absolute Gasteiger partial charge is 0.328 e. The van der Waals surface area contributed by atoms with Crippen molar-refractivity contribution in [3.8, 4) is 6.07 Å². The maximum Gasteiger partial charge on any atom is 0.328 e. The van der Waals surface area contributed by atoms with Crippen molar-refractivity contribution in [1.82, 2.24) is 5.32 Å². The lowest BCUT2D eigenvalue weighted by atomic mass is 10.0. The summed E-state index contributed by atoms with van der Waals surface area (Å²) in [4.78, 5) is 24.2. The molecule has 1 atom stereocenters. The first-order valence-electron chi connectivity index (χ1n) is 7.28. The highest BCUT2D eigenvalue weighted by Gasteiger charge is 2.24. The van der Waals surface area contributed by atoms with Gasteiger partial charge in [-0.25, -0.2) is 13.6 Å². The number of amides is 1. The third-order valence-electron chi connectivity index (χ3n) is 3.53. The summed E-state index contributed by atoms with van der Waals surface area (Å²) < 4.78 is 30.9. The molecule has 2 aromatic rings. The van der Waals surface area contributed by atoms with Crippen LogP contribution in [-0.4, -0.2) is 25.0 Å². The van der Waals surface area contributed by atoms with E-state index in [1.54, 1.807) is 24.3 Å². The minimum atomic E-state index is -1.17. The number of nitriles is 1. The molecular formula is C18H14F2N2O3. The van der Waals surface area contributed by atoms with Gasteiger partial charge in [-0.3, -0.25) is 4.79 Å². The van der Waals surface area contributed by atoms with E-state index in [2.05, 4.69) is 10.1 Å². The molecule has 5 nitrogen and oxygen atoms in total. The van der Waals surface area contributed by atoms with Crippen LogP contribution in [0.1, 0.15) is 21.5 Å². The average molecular weight is 344 g/mol. The monoisotopic (exact) mass is 344 g/mol. The molecule has 0 saturated carbocycles. The predicted molar refractivity (Wildman–Crippen MR) is 84.5 cm³/mol. The first-order valence-corrected chi connectivity index (χ1v) is 7.28. The van der Waals surface area contributed by atoms with Gasteiger partial charge in [0, 0.05) is 12.0 Å². The quantitative estimate of drug-likeness (QED) is 0.845. The van der Waals surface area contributed by atoms with Crippen LogP contribution in [0.5, 0.6) is 0 Å². The van der Waals surface area contributed by atoms with Crippen LogP contribution in [0, 0.1) is 23.0 Å². The Labute approximate surface area is 142 Å². The van der Waals surface area contributed by atoms with Crippen LogP contribution >= 0.6 is 0 Å². The molecule has 0 aromatic heterocycles. The molecule has 0 spiro atoms. The van der Waals surface area contributed by atoms with Crippen LogP contribution in [0.4, 0.5) is 8.78 Å². The van der Waals surface area contributed by atoms with Gasteiger partial charge in [0.15, 0.2) is 11.6 Å².